The number of hydrogen-bond donors (Lipinski definition) is 1. The fourth-order valence-corrected chi connectivity index (χ4v) is 7.88. The van der Waals surface area contributed by atoms with Gasteiger partial charge in [0.15, 0.2) is 0 Å². The van der Waals surface area contributed by atoms with Crippen LogP contribution in [0.15, 0.2) is 0 Å². The van der Waals surface area contributed by atoms with Gasteiger partial charge in [0.1, 0.15) is 0 Å². The molecule has 4 fully saturated rings. The molecule has 0 spiro atoms. The highest BCUT2D eigenvalue weighted by molar-refractivity contribution is 5.10. The maximum Gasteiger partial charge on any atom is 0.0543 e. The molecule has 0 aromatic rings. The van der Waals surface area contributed by atoms with E-state index in [4.69, 9.17) is 0 Å². The Morgan fingerprint density at radius 1 is 0.818 bits per heavy atom. The molecule has 9 atom stereocenters. The fourth-order valence-electron chi connectivity index (χ4n) is 7.88. The monoisotopic (exact) mass is 304 g/mol. The van der Waals surface area contributed by atoms with Crippen molar-refractivity contribution >= 4 is 0 Å². The van der Waals surface area contributed by atoms with Crippen LogP contribution in [0.1, 0.15) is 79.1 Å². The second-order valence-corrected chi connectivity index (χ2v) is 10.2. The molecule has 0 aromatic carbocycles. The van der Waals surface area contributed by atoms with Gasteiger partial charge in [-0.3, -0.25) is 0 Å². The van der Waals surface area contributed by atoms with Gasteiger partial charge < -0.3 is 5.11 Å². The zero-order chi connectivity index (χ0) is 15.7. The molecule has 0 radical (unpaired) electrons. The molecule has 8 unspecified atom stereocenters. The number of aliphatic hydroxyl groups excluding tert-OH is 1. The molecule has 4 saturated carbocycles. The van der Waals surface area contributed by atoms with Crippen LogP contribution in [-0.4, -0.2) is 11.2 Å². The van der Waals surface area contributed by atoms with E-state index in [1.807, 2.05) is 0 Å². The Hall–Kier alpha value is -0.0400. The van der Waals surface area contributed by atoms with E-state index < -0.39 is 0 Å². The van der Waals surface area contributed by atoms with Gasteiger partial charge in [0, 0.05) is 0 Å². The molecule has 1 nitrogen and oxygen atoms in total. The minimum Gasteiger partial charge on any atom is -0.393 e. The van der Waals surface area contributed by atoms with Crippen molar-refractivity contribution < 1.29 is 5.11 Å². The minimum atomic E-state index is -0.0119. The van der Waals surface area contributed by atoms with Gasteiger partial charge >= 0.3 is 0 Å². The first-order chi connectivity index (χ1) is 10.4. The largest absolute Gasteiger partial charge is 0.393 e. The van der Waals surface area contributed by atoms with Crippen LogP contribution in [0.25, 0.3) is 0 Å². The standard InChI is InChI=1S/C21H36O/c1-13-11-15-12-16(22)7-9-21(15,4)18-8-10-20(3)14(2)5-6-17(20)19(13)18/h13-19,22H,5-12H2,1-4H3/t13?,14?,15?,16?,17?,18?,19?,20?,21-/m0/s1. The zero-order valence-electron chi connectivity index (χ0n) is 15.1. The van der Waals surface area contributed by atoms with Crippen LogP contribution in [0.4, 0.5) is 0 Å². The number of aliphatic hydroxyl groups is 1. The second kappa shape index (κ2) is 4.98. The molecule has 0 aliphatic heterocycles. The number of rotatable bonds is 0. The van der Waals surface area contributed by atoms with E-state index in [1.165, 1.54) is 38.5 Å². The van der Waals surface area contributed by atoms with Crippen molar-refractivity contribution in [2.24, 2.45) is 46.3 Å². The van der Waals surface area contributed by atoms with Crippen LogP contribution in [0.5, 0.6) is 0 Å². The molecule has 22 heavy (non-hydrogen) atoms. The van der Waals surface area contributed by atoms with Gasteiger partial charge in [-0.1, -0.05) is 27.7 Å². The van der Waals surface area contributed by atoms with E-state index in [2.05, 4.69) is 27.7 Å². The van der Waals surface area contributed by atoms with Gasteiger partial charge in [0.05, 0.1) is 6.10 Å². The summed E-state index contributed by atoms with van der Waals surface area (Å²) in [5.41, 5.74) is 1.16. The smallest absolute Gasteiger partial charge is 0.0543 e. The highest BCUT2D eigenvalue weighted by Gasteiger charge is 2.60. The third-order valence-electron chi connectivity index (χ3n) is 9.47. The predicted molar refractivity (Wildman–Crippen MR) is 91.4 cm³/mol. The lowest BCUT2D eigenvalue weighted by Gasteiger charge is -2.62. The first-order valence-corrected chi connectivity index (χ1v) is 10.0. The van der Waals surface area contributed by atoms with Crippen molar-refractivity contribution in [2.45, 2.75) is 85.2 Å². The fraction of sp³-hybridized carbons (Fsp3) is 1.00. The molecule has 1 heteroatoms. The highest BCUT2D eigenvalue weighted by Crippen LogP contribution is 2.68. The van der Waals surface area contributed by atoms with Crippen molar-refractivity contribution in [1.82, 2.24) is 0 Å². The lowest BCUT2D eigenvalue weighted by atomic mass is 9.42. The summed E-state index contributed by atoms with van der Waals surface area (Å²) in [5.74, 6) is 5.50. The molecule has 0 heterocycles. The molecule has 0 amide bonds. The van der Waals surface area contributed by atoms with Crippen LogP contribution in [0, 0.1) is 46.3 Å². The van der Waals surface area contributed by atoms with Gasteiger partial charge in [0.2, 0.25) is 0 Å². The van der Waals surface area contributed by atoms with E-state index in [0.717, 1.165) is 48.3 Å². The molecule has 4 rings (SSSR count). The predicted octanol–water partition coefficient (Wildman–Crippen LogP) is 5.27. The molecule has 0 saturated heterocycles. The number of hydrogen-bond acceptors (Lipinski definition) is 1. The average Bonchev–Trinajstić information content (AvgIpc) is 2.77. The lowest BCUT2D eigenvalue weighted by molar-refractivity contribution is -0.147. The quantitative estimate of drug-likeness (QED) is 0.646. The Kier molecular flexibility index (Phi) is 3.50. The molecule has 4 aliphatic rings. The topological polar surface area (TPSA) is 20.2 Å². The maximum atomic E-state index is 10.2. The Labute approximate surface area is 137 Å². The maximum absolute atomic E-state index is 10.2. The van der Waals surface area contributed by atoms with E-state index in [-0.39, 0.29) is 6.10 Å². The van der Waals surface area contributed by atoms with Crippen LogP contribution < -0.4 is 0 Å². The highest BCUT2D eigenvalue weighted by atomic mass is 16.3. The third kappa shape index (κ3) is 1.93. The first kappa shape index (κ1) is 15.5. The van der Waals surface area contributed by atoms with Crippen LogP contribution >= 0.6 is 0 Å². The summed E-state index contributed by atoms with van der Waals surface area (Å²) in [6.07, 6.45) is 10.7. The summed E-state index contributed by atoms with van der Waals surface area (Å²) in [7, 11) is 0. The summed E-state index contributed by atoms with van der Waals surface area (Å²) >= 11 is 0. The molecular weight excluding hydrogens is 268 g/mol. The Balaban J connectivity index is 1.67. The minimum absolute atomic E-state index is 0.0119. The van der Waals surface area contributed by atoms with Crippen LogP contribution in [0.2, 0.25) is 0 Å². The summed E-state index contributed by atoms with van der Waals surface area (Å²) in [4.78, 5) is 0. The van der Waals surface area contributed by atoms with Crippen molar-refractivity contribution in [2.75, 3.05) is 0 Å². The second-order valence-electron chi connectivity index (χ2n) is 10.2. The Morgan fingerprint density at radius 2 is 1.50 bits per heavy atom. The lowest BCUT2D eigenvalue weighted by Crippen LogP contribution is -2.56. The summed E-state index contributed by atoms with van der Waals surface area (Å²) in [6, 6.07) is 0. The van der Waals surface area contributed by atoms with E-state index in [1.54, 1.807) is 0 Å². The van der Waals surface area contributed by atoms with Gasteiger partial charge in [-0.15, -0.1) is 0 Å². The van der Waals surface area contributed by atoms with Crippen molar-refractivity contribution in [1.29, 1.82) is 0 Å². The molecule has 0 aromatic heterocycles. The molecular formula is C21H36O. The van der Waals surface area contributed by atoms with E-state index >= 15 is 0 Å². The van der Waals surface area contributed by atoms with Crippen LogP contribution in [-0.2, 0) is 0 Å². The molecule has 126 valence electrons. The summed E-state index contributed by atoms with van der Waals surface area (Å²) in [5, 5.41) is 10.2. The zero-order valence-corrected chi connectivity index (χ0v) is 15.1. The average molecular weight is 305 g/mol. The van der Waals surface area contributed by atoms with Crippen molar-refractivity contribution in [3.63, 3.8) is 0 Å². The van der Waals surface area contributed by atoms with Gasteiger partial charge in [0.25, 0.3) is 0 Å². The van der Waals surface area contributed by atoms with Crippen LogP contribution in [0.3, 0.4) is 0 Å². The summed E-state index contributed by atoms with van der Waals surface area (Å²) in [6.45, 7) is 10.3. The Morgan fingerprint density at radius 3 is 2.27 bits per heavy atom. The van der Waals surface area contributed by atoms with E-state index in [9.17, 15) is 5.11 Å². The van der Waals surface area contributed by atoms with Gasteiger partial charge in [-0.2, -0.15) is 0 Å². The Bertz CT molecular complexity index is 445. The molecule has 4 aliphatic carbocycles. The molecule has 1 N–H and O–H groups in total. The summed E-state index contributed by atoms with van der Waals surface area (Å²) < 4.78 is 0. The van der Waals surface area contributed by atoms with Gasteiger partial charge in [-0.25, -0.2) is 0 Å². The van der Waals surface area contributed by atoms with Crippen molar-refractivity contribution in [3.8, 4) is 0 Å². The molecule has 0 bridgehead atoms. The van der Waals surface area contributed by atoms with Gasteiger partial charge in [-0.05, 0) is 97.7 Å². The third-order valence-corrected chi connectivity index (χ3v) is 9.47. The van der Waals surface area contributed by atoms with Crippen molar-refractivity contribution in [3.05, 3.63) is 0 Å². The number of fused-ring (bicyclic) bond motifs is 5. The first-order valence-electron chi connectivity index (χ1n) is 10.0. The normalized spacial score (nSPS) is 61.2. The SMILES string of the molecule is CC1CC2CC(O)CC[C@]2(C)C2CCC3(C)C(C)CCC3C12. The van der Waals surface area contributed by atoms with E-state index in [0.29, 0.717) is 10.8 Å².